The summed E-state index contributed by atoms with van der Waals surface area (Å²) >= 11 is 7.59. The van der Waals surface area contributed by atoms with E-state index >= 15 is 0 Å². The molecular weight excluding hydrogens is 458 g/mol. The molecule has 3 aromatic rings. The number of thiophene rings is 1. The molecule has 0 atom stereocenters. The maximum absolute atomic E-state index is 13.2. The molecule has 1 saturated heterocycles. The van der Waals surface area contributed by atoms with Crippen molar-refractivity contribution < 1.29 is 4.79 Å². The molecule has 1 amide bonds. The number of aryl methyl sites for hydroxylation is 1. The van der Waals surface area contributed by atoms with Crippen LogP contribution >= 0.6 is 22.9 Å². The Balaban J connectivity index is 1.45. The quantitative estimate of drug-likeness (QED) is 0.504. The van der Waals surface area contributed by atoms with E-state index in [-0.39, 0.29) is 17.9 Å². The van der Waals surface area contributed by atoms with Crippen LogP contribution in [0, 0.1) is 6.92 Å². The van der Waals surface area contributed by atoms with Gasteiger partial charge >= 0.3 is 0 Å². The summed E-state index contributed by atoms with van der Waals surface area (Å²) in [4.78, 5) is 37.2. The number of aromatic nitrogens is 2. The zero-order valence-electron chi connectivity index (χ0n) is 19.4. The molecule has 9 heteroatoms. The zero-order chi connectivity index (χ0) is 23.5. The average molecular weight is 488 g/mol. The van der Waals surface area contributed by atoms with Crippen LogP contribution in [-0.2, 0) is 11.3 Å². The van der Waals surface area contributed by atoms with Crippen molar-refractivity contribution in [3.63, 3.8) is 0 Å². The van der Waals surface area contributed by atoms with Crippen LogP contribution < -0.4 is 15.4 Å². The van der Waals surface area contributed by atoms with Crippen molar-refractivity contribution in [2.24, 2.45) is 0 Å². The topological polar surface area (TPSA) is 61.7 Å². The van der Waals surface area contributed by atoms with Gasteiger partial charge in [-0.25, -0.2) is 4.98 Å². The second-order valence-corrected chi connectivity index (χ2v) is 9.58. The monoisotopic (exact) mass is 487 g/mol. The van der Waals surface area contributed by atoms with Crippen molar-refractivity contribution >= 4 is 50.7 Å². The third-order valence-electron chi connectivity index (χ3n) is 6.29. The molecule has 1 aromatic carbocycles. The van der Waals surface area contributed by atoms with Crippen molar-refractivity contribution in [2.75, 3.05) is 49.1 Å². The van der Waals surface area contributed by atoms with Crippen LogP contribution in [0.25, 0.3) is 10.2 Å². The molecule has 1 aliphatic heterocycles. The number of carbonyl (C=O) groups excluding carboxylic acids is 1. The molecule has 2 aromatic heterocycles. The van der Waals surface area contributed by atoms with Gasteiger partial charge in [-0.3, -0.25) is 14.2 Å². The van der Waals surface area contributed by atoms with E-state index < -0.39 is 0 Å². The third kappa shape index (κ3) is 4.87. The highest BCUT2D eigenvalue weighted by molar-refractivity contribution is 7.17. The lowest BCUT2D eigenvalue weighted by molar-refractivity contribution is -0.131. The minimum absolute atomic E-state index is 0.0639. The summed E-state index contributed by atoms with van der Waals surface area (Å²) in [5, 5.41) is 2.61. The molecule has 33 heavy (non-hydrogen) atoms. The largest absolute Gasteiger partial charge is 0.368 e. The molecule has 0 spiro atoms. The Labute approximate surface area is 203 Å². The first kappa shape index (κ1) is 23.6. The summed E-state index contributed by atoms with van der Waals surface area (Å²) in [6.45, 7) is 10.8. The van der Waals surface area contributed by atoms with Gasteiger partial charge in [-0.1, -0.05) is 17.7 Å². The maximum Gasteiger partial charge on any atom is 0.272 e. The number of halogens is 1. The first-order valence-corrected chi connectivity index (χ1v) is 12.7. The van der Waals surface area contributed by atoms with Gasteiger partial charge in [-0.15, -0.1) is 11.3 Å². The van der Waals surface area contributed by atoms with Crippen molar-refractivity contribution in [2.45, 2.75) is 33.7 Å². The highest BCUT2D eigenvalue weighted by atomic mass is 35.5. The van der Waals surface area contributed by atoms with E-state index in [0.29, 0.717) is 30.3 Å². The van der Waals surface area contributed by atoms with Gasteiger partial charge in [-0.2, -0.15) is 0 Å². The summed E-state index contributed by atoms with van der Waals surface area (Å²) in [5.74, 6) is 0.714. The summed E-state index contributed by atoms with van der Waals surface area (Å²) < 4.78 is 2.32. The van der Waals surface area contributed by atoms with Gasteiger partial charge in [0.15, 0.2) is 0 Å². The Hall–Kier alpha value is -2.58. The van der Waals surface area contributed by atoms with Gasteiger partial charge in [0.05, 0.1) is 5.52 Å². The Bertz CT molecular complexity index is 1200. The maximum atomic E-state index is 13.2. The molecule has 0 N–H and O–H groups in total. The number of anilines is 2. The number of carbonyl (C=O) groups is 1. The van der Waals surface area contributed by atoms with Gasteiger partial charge in [0.25, 0.3) is 5.56 Å². The Morgan fingerprint density at radius 1 is 1.15 bits per heavy atom. The Morgan fingerprint density at radius 3 is 2.58 bits per heavy atom. The molecule has 0 saturated carbocycles. The minimum Gasteiger partial charge on any atom is -0.368 e. The van der Waals surface area contributed by atoms with E-state index in [1.165, 1.54) is 16.9 Å². The van der Waals surface area contributed by atoms with Crippen LogP contribution in [-0.4, -0.2) is 59.6 Å². The third-order valence-corrected chi connectivity index (χ3v) is 7.41. The predicted octanol–water partition coefficient (Wildman–Crippen LogP) is 4.00. The fourth-order valence-corrected chi connectivity index (χ4v) is 5.31. The van der Waals surface area contributed by atoms with Crippen LogP contribution in [0.2, 0.25) is 5.02 Å². The van der Waals surface area contributed by atoms with Crippen molar-refractivity contribution in [1.29, 1.82) is 0 Å². The first-order valence-electron chi connectivity index (χ1n) is 11.4. The van der Waals surface area contributed by atoms with Gasteiger partial charge in [0.1, 0.15) is 4.70 Å². The van der Waals surface area contributed by atoms with Gasteiger partial charge in [0.2, 0.25) is 11.9 Å². The molecular formula is C24H30ClN5O2S. The molecule has 0 bridgehead atoms. The summed E-state index contributed by atoms with van der Waals surface area (Å²) in [5.41, 5.74) is 2.96. The first-order chi connectivity index (χ1) is 15.9. The van der Waals surface area contributed by atoms with Crippen LogP contribution in [0.15, 0.2) is 34.4 Å². The number of nitrogens with zero attached hydrogens (tertiary/aromatic N) is 5. The summed E-state index contributed by atoms with van der Waals surface area (Å²) in [7, 11) is 0. The van der Waals surface area contributed by atoms with Crippen molar-refractivity contribution in [1.82, 2.24) is 14.5 Å². The van der Waals surface area contributed by atoms with Crippen LogP contribution in [0.4, 0.5) is 11.6 Å². The molecule has 0 aliphatic carbocycles. The average Bonchev–Trinajstić information content (AvgIpc) is 3.30. The normalized spacial score (nSPS) is 14.2. The van der Waals surface area contributed by atoms with Gasteiger partial charge in [-0.05, 0) is 49.9 Å². The molecule has 0 radical (unpaired) electrons. The highest BCUT2D eigenvalue weighted by Gasteiger charge is 2.23. The lowest BCUT2D eigenvalue weighted by atomic mass is 10.1. The van der Waals surface area contributed by atoms with Crippen LogP contribution in [0.5, 0.6) is 0 Å². The molecule has 1 aliphatic rings. The zero-order valence-corrected chi connectivity index (χ0v) is 21.0. The number of amides is 1. The van der Waals surface area contributed by atoms with E-state index in [4.69, 9.17) is 16.6 Å². The van der Waals surface area contributed by atoms with E-state index in [1.54, 1.807) is 4.57 Å². The Kier molecular flexibility index (Phi) is 7.24. The smallest absolute Gasteiger partial charge is 0.272 e. The minimum atomic E-state index is -0.0639. The number of rotatable bonds is 7. The fraction of sp³-hybridized carbons (Fsp3) is 0.458. The summed E-state index contributed by atoms with van der Waals surface area (Å²) in [6.07, 6.45) is 0.281. The predicted molar refractivity (Wildman–Crippen MR) is 137 cm³/mol. The SMILES string of the molecule is CCN(CC)c1nc2ccsc2c(=O)n1CCC(=O)N1CCN(c2cc(Cl)ccc2C)CC1. The molecule has 0 unspecified atom stereocenters. The van der Waals surface area contributed by atoms with Crippen LogP contribution in [0.3, 0.4) is 0 Å². The van der Waals surface area contributed by atoms with Crippen LogP contribution in [0.1, 0.15) is 25.8 Å². The van der Waals surface area contributed by atoms with E-state index in [9.17, 15) is 9.59 Å². The fourth-order valence-electron chi connectivity index (χ4n) is 4.37. The van der Waals surface area contributed by atoms with Crippen molar-refractivity contribution in [3.05, 3.63) is 50.6 Å². The van der Waals surface area contributed by atoms with Gasteiger partial charge in [0, 0.05) is 62.9 Å². The number of fused-ring (bicyclic) bond motifs is 1. The summed E-state index contributed by atoms with van der Waals surface area (Å²) in [6, 6.07) is 7.80. The molecule has 176 valence electrons. The van der Waals surface area contributed by atoms with E-state index in [0.717, 1.165) is 42.4 Å². The van der Waals surface area contributed by atoms with E-state index in [1.807, 2.05) is 48.4 Å². The number of piperazine rings is 1. The highest BCUT2D eigenvalue weighted by Crippen LogP contribution is 2.25. The lowest BCUT2D eigenvalue weighted by Gasteiger charge is -2.37. The number of hydrogen-bond acceptors (Lipinski definition) is 6. The number of hydrogen-bond donors (Lipinski definition) is 0. The second kappa shape index (κ2) is 10.1. The second-order valence-electron chi connectivity index (χ2n) is 8.22. The molecule has 4 rings (SSSR count). The molecule has 7 nitrogen and oxygen atoms in total. The van der Waals surface area contributed by atoms with Gasteiger partial charge < -0.3 is 14.7 Å². The van der Waals surface area contributed by atoms with E-state index in [2.05, 4.69) is 16.7 Å². The lowest BCUT2D eigenvalue weighted by Crippen LogP contribution is -2.49. The van der Waals surface area contributed by atoms with Crippen molar-refractivity contribution in [3.8, 4) is 0 Å². The Morgan fingerprint density at radius 2 is 1.88 bits per heavy atom. The number of benzene rings is 1. The molecule has 1 fully saturated rings. The standard InChI is InChI=1S/C24H30ClN5O2S/c1-4-27(5-2)24-26-19-9-15-33-22(19)23(32)30(24)10-8-21(31)29-13-11-28(12-14-29)20-16-18(25)7-6-17(20)3/h6-7,9,15-16H,4-5,8,10-14H2,1-3H3. The molecule has 3 heterocycles.